The van der Waals surface area contributed by atoms with Crippen LogP contribution in [-0.4, -0.2) is 16.9 Å². The normalized spacial score (nSPS) is 12.0. The lowest BCUT2D eigenvalue weighted by Crippen LogP contribution is -2.43. The summed E-state index contributed by atoms with van der Waals surface area (Å²) in [5.41, 5.74) is 4.49. The summed E-state index contributed by atoms with van der Waals surface area (Å²) in [6.07, 6.45) is 0.380. The first-order valence-corrected chi connectivity index (χ1v) is 5.52. The molecule has 0 spiro atoms. The third-order valence-corrected chi connectivity index (χ3v) is 2.58. The van der Waals surface area contributed by atoms with Gasteiger partial charge >= 0.3 is 0 Å². The van der Waals surface area contributed by atoms with Crippen LogP contribution in [-0.2, 0) is 0 Å². The van der Waals surface area contributed by atoms with E-state index in [2.05, 4.69) is 17.5 Å². The predicted molar refractivity (Wildman–Crippen MR) is 64.6 cm³/mol. The van der Waals surface area contributed by atoms with Gasteiger partial charge in [-0.2, -0.15) is 0 Å². The summed E-state index contributed by atoms with van der Waals surface area (Å²) >= 11 is 4.69. The molecule has 1 aromatic rings. The number of hydrogen-bond donors (Lipinski definition) is 2. The molecule has 0 saturated heterocycles. The van der Waals surface area contributed by atoms with Crippen LogP contribution in [0.3, 0.4) is 0 Å². The molecule has 1 atom stereocenters. The Labute approximate surface area is 107 Å². The lowest BCUT2D eigenvalue weighted by atomic mass is 10.1. The van der Waals surface area contributed by atoms with E-state index in [0.717, 1.165) is 0 Å². The van der Waals surface area contributed by atoms with Gasteiger partial charge in [-0.3, -0.25) is 4.79 Å². The molecule has 98 valence electrons. The number of hydrogen-bond acceptors (Lipinski definition) is 2. The number of carbonyl (C=O) groups is 1. The fourth-order valence-electron chi connectivity index (χ4n) is 1.36. The van der Waals surface area contributed by atoms with E-state index in [9.17, 15) is 18.0 Å². The van der Waals surface area contributed by atoms with Crippen molar-refractivity contribution < 1.29 is 18.0 Å². The largest absolute Gasteiger partial charge is 0.392 e. The maximum Gasteiger partial charge on any atom is 0.257 e. The second-order valence-electron chi connectivity index (χ2n) is 3.58. The minimum absolute atomic E-state index is 0.00813. The van der Waals surface area contributed by atoms with Crippen molar-refractivity contribution in [3.05, 3.63) is 35.1 Å². The standard InChI is InChI=1S/C11H11F3N2OS/c1-2-8(10(15)18)16-11(17)9-6(13)3-5(12)4-7(9)14/h3-4,8H,2H2,1H3,(H2,15,18)(H,16,17). The van der Waals surface area contributed by atoms with E-state index < -0.39 is 35.0 Å². The molecule has 0 aliphatic rings. The van der Waals surface area contributed by atoms with Gasteiger partial charge in [0.25, 0.3) is 5.91 Å². The zero-order chi connectivity index (χ0) is 13.9. The Kier molecular flexibility index (Phi) is 4.66. The maximum atomic E-state index is 13.3. The molecule has 0 saturated carbocycles. The van der Waals surface area contributed by atoms with Crippen LogP contribution in [0.5, 0.6) is 0 Å². The number of thiocarbonyl (C=S) groups is 1. The number of amides is 1. The van der Waals surface area contributed by atoms with E-state index in [0.29, 0.717) is 18.6 Å². The molecular formula is C11H11F3N2OS. The molecule has 0 aliphatic carbocycles. The predicted octanol–water partition coefficient (Wildman–Crippen LogP) is 1.90. The molecule has 0 radical (unpaired) electrons. The van der Waals surface area contributed by atoms with Crippen molar-refractivity contribution in [2.45, 2.75) is 19.4 Å². The number of nitrogens with one attached hydrogen (secondary N) is 1. The van der Waals surface area contributed by atoms with Crippen LogP contribution in [0, 0.1) is 17.5 Å². The Morgan fingerprint density at radius 1 is 1.39 bits per heavy atom. The zero-order valence-corrected chi connectivity index (χ0v) is 10.3. The molecule has 1 unspecified atom stereocenters. The number of halogens is 3. The summed E-state index contributed by atoms with van der Waals surface area (Å²) in [7, 11) is 0. The van der Waals surface area contributed by atoms with E-state index in [4.69, 9.17) is 5.73 Å². The third-order valence-electron chi connectivity index (χ3n) is 2.29. The van der Waals surface area contributed by atoms with Gasteiger partial charge in [-0.15, -0.1) is 0 Å². The van der Waals surface area contributed by atoms with Crippen LogP contribution in [0.4, 0.5) is 13.2 Å². The van der Waals surface area contributed by atoms with Crippen molar-refractivity contribution in [2.75, 3.05) is 0 Å². The van der Waals surface area contributed by atoms with Gasteiger partial charge in [-0.1, -0.05) is 19.1 Å². The second-order valence-corrected chi connectivity index (χ2v) is 4.05. The molecule has 0 aliphatic heterocycles. The molecule has 0 bridgehead atoms. The summed E-state index contributed by atoms with van der Waals surface area (Å²) in [6.45, 7) is 1.70. The summed E-state index contributed by atoms with van der Waals surface area (Å²) in [4.78, 5) is 11.7. The molecule has 7 heteroatoms. The first-order valence-electron chi connectivity index (χ1n) is 5.11. The summed E-state index contributed by atoms with van der Waals surface area (Å²) < 4.78 is 39.3. The SMILES string of the molecule is CCC(NC(=O)c1c(F)cc(F)cc1F)C(N)=S. The maximum absolute atomic E-state index is 13.3. The van der Waals surface area contributed by atoms with Crippen LogP contribution < -0.4 is 11.1 Å². The monoisotopic (exact) mass is 276 g/mol. The van der Waals surface area contributed by atoms with Crippen molar-refractivity contribution in [1.29, 1.82) is 0 Å². The molecule has 0 fully saturated rings. The molecule has 18 heavy (non-hydrogen) atoms. The summed E-state index contributed by atoms with van der Waals surface area (Å²) in [6, 6.07) is 0.190. The lowest BCUT2D eigenvalue weighted by molar-refractivity contribution is 0.0937. The van der Waals surface area contributed by atoms with Crippen LogP contribution in [0.15, 0.2) is 12.1 Å². The number of rotatable bonds is 4. The van der Waals surface area contributed by atoms with Crippen LogP contribution in [0.1, 0.15) is 23.7 Å². The molecule has 1 amide bonds. The Balaban J connectivity index is 3.01. The molecule has 1 aromatic carbocycles. The smallest absolute Gasteiger partial charge is 0.257 e. The third kappa shape index (κ3) is 3.19. The van der Waals surface area contributed by atoms with Gasteiger partial charge in [0, 0.05) is 12.1 Å². The van der Waals surface area contributed by atoms with Crippen molar-refractivity contribution in [3.8, 4) is 0 Å². The Bertz CT molecular complexity index is 470. The van der Waals surface area contributed by atoms with E-state index in [1.54, 1.807) is 6.92 Å². The highest BCUT2D eigenvalue weighted by atomic mass is 32.1. The van der Waals surface area contributed by atoms with Gasteiger partial charge in [0.15, 0.2) is 0 Å². The lowest BCUT2D eigenvalue weighted by Gasteiger charge is -2.15. The number of carbonyl (C=O) groups excluding carboxylic acids is 1. The summed E-state index contributed by atoms with van der Waals surface area (Å²) in [5.74, 6) is -4.67. The minimum Gasteiger partial charge on any atom is -0.392 e. The quantitative estimate of drug-likeness (QED) is 0.826. The topological polar surface area (TPSA) is 55.1 Å². The Morgan fingerprint density at radius 2 is 1.89 bits per heavy atom. The first-order chi connectivity index (χ1) is 8.36. The minimum atomic E-state index is -1.28. The fraction of sp³-hybridized carbons (Fsp3) is 0.273. The van der Waals surface area contributed by atoms with Crippen LogP contribution in [0.2, 0.25) is 0 Å². The molecule has 0 heterocycles. The number of benzene rings is 1. The van der Waals surface area contributed by atoms with Crippen molar-refractivity contribution in [2.24, 2.45) is 5.73 Å². The highest BCUT2D eigenvalue weighted by Crippen LogP contribution is 2.15. The summed E-state index contributed by atoms with van der Waals surface area (Å²) in [5, 5.41) is 2.28. The average molecular weight is 276 g/mol. The second kappa shape index (κ2) is 5.81. The zero-order valence-electron chi connectivity index (χ0n) is 9.47. The molecule has 3 nitrogen and oxygen atoms in total. The first kappa shape index (κ1) is 14.4. The van der Waals surface area contributed by atoms with Gasteiger partial charge in [0.05, 0.1) is 11.0 Å². The van der Waals surface area contributed by atoms with Crippen molar-refractivity contribution in [3.63, 3.8) is 0 Å². The Hall–Kier alpha value is -1.63. The molecular weight excluding hydrogens is 265 g/mol. The van der Waals surface area contributed by atoms with Crippen molar-refractivity contribution >= 4 is 23.1 Å². The van der Waals surface area contributed by atoms with E-state index in [1.807, 2.05) is 0 Å². The van der Waals surface area contributed by atoms with Crippen molar-refractivity contribution in [1.82, 2.24) is 5.32 Å². The average Bonchev–Trinajstić information content (AvgIpc) is 2.23. The molecule has 1 rings (SSSR count). The highest BCUT2D eigenvalue weighted by Gasteiger charge is 2.21. The fourth-order valence-corrected chi connectivity index (χ4v) is 1.59. The Morgan fingerprint density at radius 3 is 2.28 bits per heavy atom. The van der Waals surface area contributed by atoms with Crippen LogP contribution in [0.25, 0.3) is 0 Å². The van der Waals surface area contributed by atoms with Gasteiger partial charge in [-0.25, -0.2) is 13.2 Å². The van der Waals surface area contributed by atoms with E-state index in [1.165, 1.54) is 0 Å². The van der Waals surface area contributed by atoms with Gasteiger partial charge in [0.1, 0.15) is 23.0 Å². The molecule has 0 aromatic heterocycles. The van der Waals surface area contributed by atoms with E-state index in [-0.39, 0.29) is 4.99 Å². The van der Waals surface area contributed by atoms with Crippen LogP contribution >= 0.6 is 12.2 Å². The molecule has 3 N–H and O–H groups in total. The number of nitrogens with two attached hydrogens (primary N) is 1. The highest BCUT2D eigenvalue weighted by molar-refractivity contribution is 7.80. The van der Waals surface area contributed by atoms with E-state index >= 15 is 0 Å². The van der Waals surface area contributed by atoms with Gasteiger partial charge in [0.2, 0.25) is 0 Å². The van der Waals surface area contributed by atoms with Gasteiger partial charge < -0.3 is 11.1 Å². The van der Waals surface area contributed by atoms with Gasteiger partial charge in [-0.05, 0) is 6.42 Å².